The minimum absolute atomic E-state index is 0.0582. The van der Waals surface area contributed by atoms with Crippen molar-refractivity contribution in [2.24, 2.45) is 0 Å². The Kier molecular flexibility index (Phi) is 16.2. The Hall–Kier alpha value is -3.96. The van der Waals surface area contributed by atoms with Crippen molar-refractivity contribution in [2.45, 2.75) is 77.0 Å². The van der Waals surface area contributed by atoms with Crippen molar-refractivity contribution in [1.29, 1.82) is 0 Å². The van der Waals surface area contributed by atoms with E-state index in [0.717, 1.165) is 0 Å². The molecule has 0 fully saturated rings. The lowest BCUT2D eigenvalue weighted by Crippen LogP contribution is -2.29. The Labute approximate surface area is 227 Å². The minimum atomic E-state index is -0.875. The van der Waals surface area contributed by atoms with Gasteiger partial charge in [0.05, 0.1) is 0 Å². The zero-order chi connectivity index (χ0) is 29.0. The van der Waals surface area contributed by atoms with E-state index in [4.69, 9.17) is 15.3 Å². The molecule has 1 aromatic rings. The van der Waals surface area contributed by atoms with E-state index in [1.54, 1.807) is 0 Å². The van der Waals surface area contributed by atoms with Crippen LogP contribution in [0.2, 0.25) is 0 Å². The highest BCUT2D eigenvalue weighted by Crippen LogP contribution is 2.12. The van der Waals surface area contributed by atoms with Crippen LogP contribution in [0, 0.1) is 0 Å². The smallest absolute Gasteiger partial charge is 0.303 e. The van der Waals surface area contributed by atoms with E-state index in [1.807, 2.05) is 0 Å². The minimum Gasteiger partial charge on any atom is -0.481 e. The Balaban J connectivity index is 2.78. The first kappa shape index (κ1) is 33.1. The van der Waals surface area contributed by atoms with Crippen LogP contribution in [0.1, 0.15) is 108 Å². The van der Waals surface area contributed by atoms with Crippen molar-refractivity contribution >= 4 is 35.6 Å². The molecule has 12 heteroatoms. The average molecular weight is 550 g/mol. The van der Waals surface area contributed by atoms with Crippen LogP contribution in [0.25, 0.3) is 0 Å². The van der Waals surface area contributed by atoms with Crippen LogP contribution >= 0.6 is 0 Å². The number of unbranched alkanes of at least 4 members (excludes halogenated alkanes) is 6. The lowest BCUT2D eigenvalue weighted by Gasteiger charge is -2.12. The molecule has 0 spiro atoms. The van der Waals surface area contributed by atoms with Gasteiger partial charge in [-0.3, -0.25) is 28.8 Å². The molecule has 0 unspecified atom stereocenters. The Bertz CT molecular complexity index is 859. The lowest BCUT2D eigenvalue weighted by atomic mass is 10.0. The van der Waals surface area contributed by atoms with Crippen LogP contribution in [-0.4, -0.2) is 70.6 Å². The molecule has 1 rings (SSSR count). The van der Waals surface area contributed by atoms with Crippen LogP contribution in [0.4, 0.5) is 0 Å². The monoisotopic (exact) mass is 549 g/mol. The van der Waals surface area contributed by atoms with Crippen molar-refractivity contribution in [1.82, 2.24) is 16.0 Å². The third-order valence-corrected chi connectivity index (χ3v) is 5.78. The second-order valence-electron chi connectivity index (χ2n) is 9.18. The van der Waals surface area contributed by atoms with Gasteiger partial charge in [-0.15, -0.1) is 0 Å². The summed E-state index contributed by atoms with van der Waals surface area (Å²) < 4.78 is 0. The highest BCUT2D eigenvalue weighted by atomic mass is 16.4. The van der Waals surface area contributed by atoms with Crippen molar-refractivity contribution in [2.75, 3.05) is 19.6 Å². The molecule has 0 bridgehead atoms. The number of rotatable bonds is 21. The van der Waals surface area contributed by atoms with Gasteiger partial charge in [0, 0.05) is 55.6 Å². The number of carboxylic acids is 3. The fourth-order valence-electron chi connectivity index (χ4n) is 3.67. The van der Waals surface area contributed by atoms with Crippen molar-refractivity contribution in [3.05, 3.63) is 34.9 Å². The summed E-state index contributed by atoms with van der Waals surface area (Å²) in [5.41, 5.74) is 0.378. The number of nitrogens with one attached hydrogen (secondary N) is 3. The standard InChI is InChI=1S/C27H39N3O9/c31-22(32)10-4-1-7-13-28-25(37)19-16-20(26(38)29-14-8-2-5-11-23(33)34)18-21(17-19)27(39)30-15-9-3-6-12-24(35)36/h16-18H,1-15H2,(H,28,37)(H,29,38)(H,30,39)(H,31,32)(H,33,34)(H,35,36). The Morgan fingerprint density at radius 3 is 0.923 bits per heavy atom. The van der Waals surface area contributed by atoms with Gasteiger partial charge in [-0.25, -0.2) is 0 Å². The van der Waals surface area contributed by atoms with E-state index in [-0.39, 0.29) is 36.0 Å². The zero-order valence-corrected chi connectivity index (χ0v) is 22.1. The molecule has 0 aliphatic carbocycles. The van der Waals surface area contributed by atoms with E-state index >= 15 is 0 Å². The maximum atomic E-state index is 12.7. The van der Waals surface area contributed by atoms with Gasteiger partial charge in [0.25, 0.3) is 17.7 Å². The molecule has 0 saturated heterocycles. The second kappa shape index (κ2) is 19.2. The molecular weight excluding hydrogens is 510 g/mol. The molecule has 0 saturated carbocycles. The molecule has 3 amide bonds. The first-order valence-electron chi connectivity index (χ1n) is 13.2. The molecule has 0 aromatic heterocycles. The number of carbonyl (C=O) groups is 6. The van der Waals surface area contributed by atoms with Crippen molar-refractivity contribution < 1.29 is 44.1 Å². The molecule has 216 valence electrons. The fourth-order valence-corrected chi connectivity index (χ4v) is 3.67. The van der Waals surface area contributed by atoms with E-state index in [9.17, 15) is 28.8 Å². The van der Waals surface area contributed by atoms with Crippen LogP contribution < -0.4 is 16.0 Å². The highest BCUT2D eigenvalue weighted by Gasteiger charge is 2.16. The largest absolute Gasteiger partial charge is 0.481 e. The van der Waals surface area contributed by atoms with E-state index in [0.29, 0.717) is 77.4 Å². The van der Waals surface area contributed by atoms with Gasteiger partial charge in [0.2, 0.25) is 0 Å². The van der Waals surface area contributed by atoms with Gasteiger partial charge >= 0.3 is 17.9 Å². The zero-order valence-electron chi connectivity index (χ0n) is 22.1. The average Bonchev–Trinajstić information content (AvgIpc) is 2.88. The molecule has 39 heavy (non-hydrogen) atoms. The van der Waals surface area contributed by atoms with Gasteiger partial charge in [0.15, 0.2) is 0 Å². The molecule has 0 radical (unpaired) electrons. The maximum Gasteiger partial charge on any atom is 0.303 e. The number of hydrogen-bond donors (Lipinski definition) is 6. The quantitative estimate of drug-likeness (QED) is 0.125. The number of amides is 3. The summed E-state index contributed by atoms with van der Waals surface area (Å²) in [7, 11) is 0. The van der Waals surface area contributed by atoms with Crippen LogP contribution in [0.15, 0.2) is 18.2 Å². The molecule has 0 aliphatic rings. The third-order valence-electron chi connectivity index (χ3n) is 5.78. The van der Waals surface area contributed by atoms with E-state index in [2.05, 4.69) is 16.0 Å². The number of carbonyl (C=O) groups excluding carboxylic acids is 3. The summed E-state index contributed by atoms with van der Waals surface area (Å²) in [6, 6.07) is 4.17. The summed E-state index contributed by atoms with van der Waals surface area (Å²) in [5.74, 6) is -4.04. The lowest BCUT2D eigenvalue weighted by molar-refractivity contribution is -0.138. The summed E-state index contributed by atoms with van der Waals surface area (Å²) in [4.78, 5) is 70.0. The van der Waals surface area contributed by atoms with Gasteiger partial charge in [-0.2, -0.15) is 0 Å². The predicted molar refractivity (Wildman–Crippen MR) is 142 cm³/mol. The summed E-state index contributed by atoms with van der Waals surface area (Å²) in [5, 5.41) is 34.3. The summed E-state index contributed by atoms with van der Waals surface area (Å²) >= 11 is 0. The first-order valence-corrected chi connectivity index (χ1v) is 13.2. The first-order chi connectivity index (χ1) is 18.6. The number of hydrogen-bond acceptors (Lipinski definition) is 6. The SMILES string of the molecule is O=C(O)CCCCCNC(=O)c1cc(C(=O)NCCCCCC(=O)O)cc(C(=O)NCCCCCC(=O)O)c1. The number of benzene rings is 1. The van der Waals surface area contributed by atoms with Crippen LogP contribution in [0.5, 0.6) is 0 Å². The normalized spacial score (nSPS) is 10.5. The van der Waals surface area contributed by atoms with Gasteiger partial charge in [-0.1, -0.05) is 19.3 Å². The maximum absolute atomic E-state index is 12.7. The molecule has 0 heterocycles. The highest BCUT2D eigenvalue weighted by molar-refractivity contribution is 6.04. The second-order valence-corrected chi connectivity index (χ2v) is 9.18. The van der Waals surface area contributed by atoms with Gasteiger partial charge in [0.1, 0.15) is 0 Å². The Morgan fingerprint density at radius 1 is 0.436 bits per heavy atom. The summed E-state index contributed by atoms with van der Waals surface area (Å²) in [6.45, 7) is 0.926. The molecule has 12 nitrogen and oxygen atoms in total. The third kappa shape index (κ3) is 15.8. The van der Waals surface area contributed by atoms with Crippen molar-refractivity contribution in [3.63, 3.8) is 0 Å². The van der Waals surface area contributed by atoms with Crippen LogP contribution in [0.3, 0.4) is 0 Å². The Morgan fingerprint density at radius 2 is 0.692 bits per heavy atom. The molecular formula is C27H39N3O9. The summed E-state index contributed by atoms with van der Waals surface area (Å²) in [6.07, 6.45) is 5.29. The van der Waals surface area contributed by atoms with E-state index in [1.165, 1.54) is 18.2 Å². The van der Waals surface area contributed by atoms with Crippen LogP contribution in [-0.2, 0) is 14.4 Å². The molecule has 6 N–H and O–H groups in total. The molecule has 0 aliphatic heterocycles. The predicted octanol–water partition coefficient (Wildman–Crippen LogP) is 2.81. The topological polar surface area (TPSA) is 199 Å². The fraction of sp³-hybridized carbons (Fsp3) is 0.556. The van der Waals surface area contributed by atoms with Gasteiger partial charge < -0.3 is 31.3 Å². The van der Waals surface area contributed by atoms with E-state index < -0.39 is 35.6 Å². The molecule has 0 atom stereocenters. The molecule has 1 aromatic carbocycles. The van der Waals surface area contributed by atoms with Crippen molar-refractivity contribution in [3.8, 4) is 0 Å². The number of carboxylic acid groups (broad SMARTS) is 3. The van der Waals surface area contributed by atoms with Gasteiger partial charge in [-0.05, 0) is 56.7 Å². The number of aliphatic carboxylic acids is 3.